The maximum absolute atomic E-state index is 11.8. The third-order valence-corrected chi connectivity index (χ3v) is 4.39. The van der Waals surface area contributed by atoms with E-state index >= 15 is 0 Å². The fourth-order valence-corrected chi connectivity index (χ4v) is 3.51. The molecule has 2 N–H and O–H groups in total. The monoisotopic (exact) mass is 262 g/mol. The molecule has 2 saturated carbocycles. The third kappa shape index (κ3) is 2.64. The molecule has 0 spiro atoms. The SMILES string of the molecule is O=C(C[C@H]1C[C@H]2CC[C@@H]1C2)NNC(=O)c1ccco1. The molecule has 2 aliphatic rings. The van der Waals surface area contributed by atoms with Crippen molar-refractivity contribution in [3.63, 3.8) is 0 Å². The van der Waals surface area contributed by atoms with Gasteiger partial charge in [0.1, 0.15) is 0 Å². The molecule has 2 aliphatic carbocycles. The lowest BCUT2D eigenvalue weighted by atomic mass is 9.86. The Morgan fingerprint density at radius 3 is 2.79 bits per heavy atom. The van der Waals surface area contributed by atoms with E-state index < -0.39 is 5.91 Å². The van der Waals surface area contributed by atoms with Crippen molar-refractivity contribution in [3.05, 3.63) is 24.2 Å². The number of carbonyl (C=O) groups is 2. The molecule has 102 valence electrons. The van der Waals surface area contributed by atoms with Gasteiger partial charge >= 0.3 is 5.91 Å². The van der Waals surface area contributed by atoms with Crippen LogP contribution in [0.1, 0.15) is 42.7 Å². The molecule has 5 heteroatoms. The first kappa shape index (κ1) is 12.3. The molecule has 2 fully saturated rings. The van der Waals surface area contributed by atoms with Gasteiger partial charge in [-0.1, -0.05) is 6.42 Å². The molecule has 0 unspecified atom stereocenters. The number of hydrazine groups is 1. The van der Waals surface area contributed by atoms with Gasteiger partial charge in [-0.2, -0.15) is 0 Å². The van der Waals surface area contributed by atoms with Crippen molar-refractivity contribution in [2.75, 3.05) is 0 Å². The zero-order valence-electron chi connectivity index (χ0n) is 10.7. The van der Waals surface area contributed by atoms with Gasteiger partial charge in [0.15, 0.2) is 5.76 Å². The van der Waals surface area contributed by atoms with Crippen LogP contribution in [0, 0.1) is 17.8 Å². The van der Waals surface area contributed by atoms with Crippen molar-refractivity contribution < 1.29 is 14.0 Å². The molecule has 1 aromatic rings. The van der Waals surface area contributed by atoms with Gasteiger partial charge < -0.3 is 4.42 Å². The summed E-state index contributed by atoms with van der Waals surface area (Å²) in [5, 5.41) is 0. The van der Waals surface area contributed by atoms with Crippen molar-refractivity contribution >= 4 is 11.8 Å². The first-order valence-electron chi connectivity index (χ1n) is 6.85. The van der Waals surface area contributed by atoms with Crippen molar-refractivity contribution in [2.45, 2.75) is 32.1 Å². The van der Waals surface area contributed by atoms with E-state index in [0.717, 1.165) is 11.8 Å². The van der Waals surface area contributed by atoms with Gasteiger partial charge in [0, 0.05) is 6.42 Å². The van der Waals surface area contributed by atoms with Crippen molar-refractivity contribution in [1.82, 2.24) is 10.9 Å². The number of hydrogen-bond donors (Lipinski definition) is 2. The topological polar surface area (TPSA) is 71.3 Å². The molecule has 1 heterocycles. The summed E-state index contributed by atoms with van der Waals surface area (Å²) in [6, 6.07) is 3.18. The minimum Gasteiger partial charge on any atom is -0.459 e. The smallest absolute Gasteiger partial charge is 0.305 e. The first-order valence-corrected chi connectivity index (χ1v) is 6.85. The Morgan fingerprint density at radius 2 is 2.16 bits per heavy atom. The fraction of sp³-hybridized carbons (Fsp3) is 0.571. The number of nitrogens with one attached hydrogen (secondary N) is 2. The fourth-order valence-electron chi connectivity index (χ4n) is 3.51. The summed E-state index contributed by atoms with van der Waals surface area (Å²) in [5.74, 6) is 1.71. The Kier molecular flexibility index (Phi) is 3.27. The van der Waals surface area contributed by atoms with Crippen LogP contribution in [-0.4, -0.2) is 11.8 Å². The molecule has 0 radical (unpaired) electrons. The number of carbonyl (C=O) groups excluding carboxylic acids is 2. The summed E-state index contributed by atoms with van der Waals surface area (Å²) in [6.45, 7) is 0. The second kappa shape index (κ2) is 5.07. The van der Waals surface area contributed by atoms with Gasteiger partial charge in [0.2, 0.25) is 5.91 Å². The van der Waals surface area contributed by atoms with Gasteiger partial charge in [-0.25, -0.2) is 0 Å². The van der Waals surface area contributed by atoms with E-state index in [1.54, 1.807) is 12.1 Å². The van der Waals surface area contributed by atoms with Crippen molar-refractivity contribution in [3.8, 4) is 0 Å². The van der Waals surface area contributed by atoms with E-state index in [4.69, 9.17) is 4.42 Å². The van der Waals surface area contributed by atoms with Crippen LogP contribution in [-0.2, 0) is 4.79 Å². The summed E-state index contributed by atoms with van der Waals surface area (Å²) in [4.78, 5) is 23.3. The van der Waals surface area contributed by atoms with Gasteiger partial charge in [-0.3, -0.25) is 20.4 Å². The lowest BCUT2D eigenvalue weighted by Gasteiger charge is -2.20. The summed E-state index contributed by atoms with van der Waals surface area (Å²) >= 11 is 0. The zero-order valence-corrected chi connectivity index (χ0v) is 10.7. The number of amides is 2. The average Bonchev–Trinajstić information content (AvgIpc) is 3.12. The molecule has 19 heavy (non-hydrogen) atoms. The Bertz CT molecular complexity index is 469. The lowest BCUT2D eigenvalue weighted by Crippen LogP contribution is -2.42. The van der Waals surface area contributed by atoms with Gasteiger partial charge in [0.25, 0.3) is 0 Å². The minimum absolute atomic E-state index is 0.113. The molecule has 3 rings (SSSR count). The highest BCUT2D eigenvalue weighted by molar-refractivity contribution is 5.92. The molecule has 2 bridgehead atoms. The Balaban J connectivity index is 1.43. The first-order chi connectivity index (χ1) is 9.22. The molecule has 1 aromatic heterocycles. The highest BCUT2D eigenvalue weighted by Gasteiger charge is 2.40. The minimum atomic E-state index is -0.425. The maximum atomic E-state index is 11.8. The molecule has 0 aromatic carbocycles. The Hall–Kier alpha value is -1.78. The number of hydrogen-bond acceptors (Lipinski definition) is 3. The van der Waals surface area contributed by atoms with Crippen LogP contribution >= 0.6 is 0 Å². The molecule has 2 amide bonds. The standard InChI is InChI=1S/C14H18N2O3/c17-13(8-11-7-9-3-4-10(11)6-9)15-16-14(18)12-2-1-5-19-12/h1-2,5,9-11H,3-4,6-8H2,(H,15,17)(H,16,18)/t9-,10+,11+/m0/s1. The van der Waals surface area contributed by atoms with Crippen LogP contribution in [0.25, 0.3) is 0 Å². The Morgan fingerprint density at radius 1 is 1.26 bits per heavy atom. The van der Waals surface area contributed by atoms with Crippen LogP contribution in [0.5, 0.6) is 0 Å². The van der Waals surface area contributed by atoms with Gasteiger partial charge in [-0.05, 0) is 49.1 Å². The second-order valence-electron chi connectivity index (χ2n) is 5.62. The van der Waals surface area contributed by atoms with Crippen molar-refractivity contribution in [2.24, 2.45) is 17.8 Å². The lowest BCUT2D eigenvalue weighted by molar-refractivity contribution is -0.123. The molecule has 5 nitrogen and oxygen atoms in total. The number of fused-ring (bicyclic) bond motifs is 2. The summed E-state index contributed by atoms with van der Waals surface area (Å²) in [5.41, 5.74) is 4.83. The molecular weight excluding hydrogens is 244 g/mol. The van der Waals surface area contributed by atoms with Crippen LogP contribution in [0.2, 0.25) is 0 Å². The molecular formula is C14H18N2O3. The highest BCUT2D eigenvalue weighted by atomic mass is 16.3. The summed E-state index contributed by atoms with van der Waals surface area (Å²) in [7, 11) is 0. The Labute approximate surface area is 111 Å². The van der Waals surface area contributed by atoms with E-state index in [-0.39, 0.29) is 11.7 Å². The predicted octanol–water partition coefficient (Wildman–Crippen LogP) is 1.87. The van der Waals surface area contributed by atoms with E-state index in [0.29, 0.717) is 12.3 Å². The average molecular weight is 262 g/mol. The van der Waals surface area contributed by atoms with Gasteiger partial charge in [-0.15, -0.1) is 0 Å². The maximum Gasteiger partial charge on any atom is 0.305 e. The van der Waals surface area contributed by atoms with Crippen LogP contribution in [0.3, 0.4) is 0 Å². The van der Waals surface area contributed by atoms with Crippen molar-refractivity contribution in [1.29, 1.82) is 0 Å². The largest absolute Gasteiger partial charge is 0.459 e. The predicted molar refractivity (Wildman–Crippen MR) is 67.9 cm³/mol. The second-order valence-corrected chi connectivity index (χ2v) is 5.62. The van der Waals surface area contributed by atoms with Crippen LogP contribution in [0.15, 0.2) is 22.8 Å². The number of rotatable bonds is 3. The van der Waals surface area contributed by atoms with E-state index in [2.05, 4.69) is 10.9 Å². The summed E-state index contributed by atoms with van der Waals surface area (Å²) < 4.78 is 4.94. The normalized spacial score (nSPS) is 28.3. The molecule has 0 saturated heterocycles. The van der Waals surface area contributed by atoms with E-state index in [1.165, 1.54) is 31.9 Å². The highest BCUT2D eigenvalue weighted by Crippen LogP contribution is 2.49. The zero-order chi connectivity index (χ0) is 13.2. The molecule has 3 atom stereocenters. The van der Waals surface area contributed by atoms with Gasteiger partial charge in [0.05, 0.1) is 6.26 Å². The van der Waals surface area contributed by atoms with E-state index in [9.17, 15) is 9.59 Å². The van der Waals surface area contributed by atoms with Crippen LogP contribution < -0.4 is 10.9 Å². The van der Waals surface area contributed by atoms with E-state index in [1.807, 2.05) is 0 Å². The summed E-state index contributed by atoms with van der Waals surface area (Å²) in [6.07, 6.45) is 6.99. The van der Waals surface area contributed by atoms with Crippen LogP contribution in [0.4, 0.5) is 0 Å². The molecule has 0 aliphatic heterocycles. The quantitative estimate of drug-likeness (QED) is 0.817. The number of furan rings is 1. The third-order valence-electron chi connectivity index (χ3n) is 4.39.